The summed E-state index contributed by atoms with van der Waals surface area (Å²) in [6, 6.07) is 10.5. The van der Waals surface area contributed by atoms with Crippen LogP contribution in [0.5, 0.6) is 0 Å². The Morgan fingerprint density at radius 1 is 1.10 bits per heavy atom. The largest absolute Gasteiger partial charge is 0.394 e. The Hall–Kier alpha value is -0.903. The maximum Gasteiger partial charge on any atom is 0.338 e. The van der Waals surface area contributed by atoms with E-state index in [9.17, 15) is 0 Å². The molecule has 1 rings (SSSR count). The monoisotopic (exact) mass is 292 g/mol. The maximum atomic E-state index is 6.32. The first-order valence-electron chi connectivity index (χ1n) is 7.69. The van der Waals surface area contributed by atoms with E-state index in [-0.39, 0.29) is 0 Å². The van der Waals surface area contributed by atoms with Gasteiger partial charge in [0, 0.05) is 6.61 Å². The Kier molecular flexibility index (Phi) is 7.81. The standard InChI is InChI=1S/C17H28O2Si/c1-5-12-20(13-6-2,18-8-4)19-15-17-11-9-10-16(7-3)14-17/h7,9-11,14H,3,5-6,8,12-13,15H2,1-2,4H3. The van der Waals surface area contributed by atoms with Gasteiger partial charge in [-0.25, -0.2) is 0 Å². The molecule has 0 saturated heterocycles. The summed E-state index contributed by atoms with van der Waals surface area (Å²) < 4.78 is 12.4. The van der Waals surface area contributed by atoms with Crippen LogP contribution in [0.25, 0.3) is 6.08 Å². The van der Waals surface area contributed by atoms with Gasteiger partial charge in [-0.1, -0.05) is 57.5 Å². The van der Waals surface area contributed by atoms with Crippen molar-refractivity contribution in [1.82, 2.24) is 0 Å². The smallest absolute Gasteiger partial charge is 0.338 e. The van der Waals surface area contributed by atoms with Crippen LogP contribution in [-0.4, -0.2) is 15.2 Å². The van der Waals surface area contributed by atoms with Crippen molar-refractivity contribution in [3.63, 3.8) is 0 Å². The number of hydrogen-bond donors (Lipinski definition) is 0. The molecule has 0 unspecified atom stereocenters. The van der Waals surface area contributed by atoms with E-state index < -0.39 is 8.56 Å². The second kappa shape index (κ2) is 9.11. The SMILES string of the molecule is C=Cc1cccc(CO[Si](CCC)(CCC)OCC)c1. The summed E-state index contributed by atoms with van der Waals surface area (Å²) in [4.78, 5) is 0. The van der Waals surface area contributed by atoms with Crippen LogP contribution in [0.4, 0.5) is 0 Å². The fourth-order valence-corrected chi connectivity index (χ4v) is 5.90. The molecule has 112 valence electrons. The lowest BCUT2D eigenvalue weighted by atomic mass is 10.1. The Bertz CT molecular complexity index is 387. The third-order valence-electron chi connectivity index (χ3n) is 3.36. The highest BCUT2D eigenvalue weighted by Gasteiger charge is 2.35. The summed E-state index contributed by atoms with van der Waals surface area (Å²) in [5.41, 5.74) is 2.34. The molecule has 1 aromatic carbocycles. The zero-order valence-electron chi connectivity index (χ0n) is 13.2. The van der Waals surface area contributed by atoms with Gasteiger partial charge in [0.1, 0.15) is 0 Å². The van der Waals surface area contributed by atoms with Gasteiger partial charge in [0.15, 0.2) is 0 Å². The van der Waals surface area contributed by atoms with Crippen LogP contribution >= 0.6 is 0 Å². The Morgan fingerprint density at radius 2 is 1.80 bits per heavy atom. The average molecular weight is 292 g/mol. The van der Waals surface area contributed by atoms with Crippen LogP contribution in [0.3, 0.4) is 0 Å². The molecule has 0 aliphatic rings. The predicted molar refractivity (Wildman–Crippen MR) is 88.9 cm³/mol. The van der Waals surface area contributed by atoms with Gasteiger partial charge in [0.25, 0.3) is 0 Å². The van der Waals surface area contributed by atoms with Gasteiger partial charge < -0.3 is 8.85 Å². The van der Waals surface area contributed by atoms with E-state index in [1.165, 1.54) is 5.56 Å². The first-order valence-corrected chi connectivity index (χ1v) is 9.92. The molecule has 0 aliphatic heterocycles. The zero-order chi connectivity index (χ0) is 14.8. The van der Waals surface area contributed by atoms with Gasteiger partial charge in [-0.15, -0.1) is 0 Å². The highest BCUT2D eigenvalue weighted by atomic mass is 28.4. The van der Waals surface area contributed by atoms with Crippen molar-refractivity contribution in [2.75, 3.05) is 6.61 Å². The summed E-state index contributed by atoms with van der Waals surface area (Å²) in [5, 5.41) is 0. The lowest BCUT2D eigenvalue weighted by Gasteiger charge is -2.30. The van der Waals surface area contributed by atoms with Crippen molar-refractivity contribution >= 4 is 14.6 Å². The van der Waals surface area contributed by atoms with E-state index in [0.717, 1.165) is 37.1 Å². The average Bonchev–Trinajstić information content (AvgIpc) is 2.46. The third kappa shape index (κ3) is 5.23. The Balaban J connectivity index is 2.75. The topological polar surface area (TPSA) is 18.5 Å². The van der Waals surface area contributed by atoms with E-state index in [1.54, 1.807) is 0 Å². The van der Waals surface area contributed by atoms with Crippen LogP contribution in [-0.2, 0) is 15.5 Å². The van der Waals surface area contributed by atoms with Crippen molar-refractivity contribution < 1.29 is 8.85 Å². The summed E-state index contributed by atoms with van der Waals surface area (Å²) in [6.45, 7) is 11.7. The van der Waals surface area contributed by atoms with Gasteiger partial charge >= 0.3 is 8.56 Å². The Morgan fingerprint density at radius 3 is 2.35 bits per heavy atom. The van der Waals surface area contributed by atoms with Gasteiger partial charge in [0.2, 0.25) is 0 Å². The van der Waals surface area contributed by atoms with E-state index in [1.807, 2.05) is 6.08 Å². The minimum Gasteiger partial charge on any atom is -0.394 e. The van der Waals surface area contributed by atoms with E-state index in [2.05, 4.69) is 51.6 Å². The molecule has 0 aromatic heterocycles. The van der Waals surface area contributed by atoms with Crippen molar-refractivity contribution in [3.8, 4) is 0 Å². The zero-order valence-corrected chi connectivity index (χ0v) is 14.2. The molecule has 1 aromatic rings. The highest BCUT2D eigenvalue weighted by Crippen LogP contribution is 2.24. The van der Waals surface area contributed by atoms with E-state index in [4.69, 9.17) is 8.85 Å². The molecule has 0 fully saturated rings. The van der Waals surface area contributed by atoms with Gasteiger partial charge in [-0.3, -0.25) is 0 Å². The van der Waals surface area contributed by atoms with Gasteiger partial charge in [-0.05, 0) is 36.2 Å². The molecular weight excluding hydrogens is 264 g/mol. The first kappa shape index (κ1) is 17.1. The van der Waals surface area contributed by atoms with Crippen LogP contribution in [0.1, 0.15) is 44.7 Å². The van der Waals surface area contributed by atoms with Crippen LogP contribution < -0.4 is 0 Å². The van der Waals surface area contributed by atoms with Crippen molar-refractivity contribution in [2.24, 2.45) is 0 Å². The van der Waals surface area contributed by atoms with Crippen LogP contribution in [0.2, 0.25) is 12.1 Å². The molecule has 0 amide bonds. The van der Waals surface area contributed by atoms with Gasteiger partial charge in [0.05, 0.1) is 6.61 Å². The third-order valence-corrected chi connectivity index (χ3v) is 7.37. The van der Waals surface area contributed by atoms with Crippen LogP contribution in [0.15, 0.2) is 30.8 Å². The second-order valence-electron chi connectivity index (χ2n) is 5.08. The minimum atomic E-state index is -2.03. The first-order chi connectivity index (χ1) is 9.69. The van der Waals surface area contributed by atoms with Crippen molar-refractivity contribution in [3.05, 3.63) is 42.0 Å². The van der Waals surface area contributed by atoms with Crippen molar-refractivity contribution in [1.29, 1.82) is 0 Å². The predicted octanol–water partition coefficient (Wildman–Crippen LogP) is 5.14. The quantitative estimate of drug-likeness (QED) is 0.556. The molecule has 20 heavy (non-hydrogen) atoms. The lowest BCUT2D eigenvalue weighted by Crippen LogP contribution is -2.41. The molecule has 2 nitrogen and oxygen atoms in total. The molecule has 0 radical (unpaired) electrons. The summed E-state index contributed by atoms with van der Waals surface area (Å²) in [5.74, 6) is 0. The summed E-state index contributed by atoms with van der Waals surface area (Å²) in [6.07, 6.45) is 4.12. The summed E-state index contributed by atoms with van der Waals surface area (Å²) in [7, 11) is -2.03. The van der Waals surface area contributed by atoms with Crippen LogP contribution in [0, 0.1) is 0 Å². The fraction of sp³-hybridized carbons (Fsp3) is 0.529. The van der Waals surface area contributed by atoms with Crippen molar-refractivity contribution in [2.45, 2.75) is 52.3 Å². The molecule has 3 heteroatoms. The lowest BCUT2D eigenvalue weighted by molar-refractivity contribution is 0.165. The molecular formula is C17H28O2Si. The number of rotatable bonds is 10. The molecule has 0 N–H and O–H groups in total. The molecule has 0 spiro atoms. The number of benzene rings is 1. The van der Waals surface area contributed by atoms with Gasteiger partial charge in [-0.2, -0.15) is 0 Å². The summed E-state index contributed by atoms with van der Waals surface area (Å²) >= 11 is 0. The maximum absolute atomic E-state index is 6.32. The molecule has 0 heterocycles. The molecule has 0 saturated carbocycles. The Labute approximate surface area is 125 Å². The second-order valence-corrected chi connectivity index (χ2v) is 8.48. The molecule has 0 bridgehead atoms. The molecule has 0 atom stereocenters. The highest BCUT2D eigenvalue weighted by molar-refractivity contribution is 6.67. The minimum absolute atomic E-state index is 0.647. The van der Waals surface area contributed by atoms with E-state index >= 15 is 0 Å². The molecule has 0 aliphatic carbocycles. The number of hydrogen-bond acceptors (Lipinski definition) is 2. The normalized spacial score (nSPS) is 11.6. The van der Waals surface area contributed by atoms with E-state index in [0.29, 0.717) is 6.61 Å². The fourth-order valence-electron chi connectivity index (χ4n) is 2.50.